The van der Waals surface area contributed by atoms with Gasteiger partial charge in [-0.25, -0.2) is 9.97 Å². The Labute approximate surface area is 195 Å². The second kappa shape index (κ2) is 8.21. The molecule has 6 rings (SSSR count). The van der Waals surface area contributed by atoms with E-state index in [9.17, 15) is 4.79 Å². The van der Waals surface area contributed by atoms with Gasteiger partial charge in [0.15, 0.2) is 17.2 Å². The number of carbonyl (C=O) groups excluding carboxylic acids is 1. The summed E-state index contributed by atoms with van der Waals surface area (Å²) in [5, 5.41) is 15.2. The summed E-state index contributed by atoms with van der Waals surface area (Å²) in [6.45, 7) is 5.21. The average molecular weight is 460 g/mol. The van der Waals surface area contributed by atoms with E-state index in [2.05, 4.69) is 37.6 Å². The lowest BCUT2D eigenvalue weighted by Gasteiger charge is -2.28. The molecule has 174 valence electrons. The van der Waals surface area contributed by atoms with Crippen molar-refractivity contribution in [2.24, 2.45) is 11.8 Å². The highest BCUT2D eigenvalue weighted by molar-refractivity contribution is 6.01. The average Bonchev–Trinajstić information content (AvgIpc) is 3.45. The van der Waals surface area contributed by atoms with E-state index in [1.54, 1.807) is 19.3 Å². The highest BCUT2D eigenvalue weighted by Gasteiger charge is 2.39. The van der Waals surface area contributed by atoms with E-state index < -0.39 is 0 Å². The van der Waals surface area contributed by atoms with Gasteiger partial charge in [0.1, 0.15) is 11.0 Å². The fourth-order valence-electron chi connectivity index (χ4n) is 4.40. The van der Waals surface area contributed by atoms with Gasteiger partial charge in [-0.3, -0.25) is 4.79 Å². The summed E-state index contributed by atoms with van der Waals surface area (Å²) >= 11 is 0. The number of anilines is 3. The number of carbonyl (C=O) groups is 1. The van der Waals surface area contributed by atoms with Gasteiger partial charge in [-0.1, -0.05) is 6.92 Å². The Balaban J connectivity index is 1.40. The zero-order chi connectivity index (χ0) is 23.2. The van der Waals surface area contributed by atoms with Crippen LogP contribution in [0.1, 0.15) is 13.3 Å². The number of hydrogen-bond donors (Lipinski definition) is 2. The topological polar surface area (TPSA) is 118 Å². The molecule has 1 aliphatic heterocycles. The van der Waals surface area contributed by atoms with Crippen LogP contribution in [0.3, 0.4) is 0 Å². The quantitative estimate of drug-likeness (QED) is 0.463. The fraction of sp³-hybridized carbons (Fsp3) is 0.375. The van der Waals surface area contributed by atoms with Crippen molar-refractivity contribution < 1.29 is 13.9 Å². The highest BCUT2D eigenvalue weighted by Crippen LogP contribution is 2.39. The Bertz CT molecular complexity index is 1400. The summed E-state index contributed by atoms with van der Waals surface area (Å²) < 4.78 is 11.6. The number of rotatable bonds is 5. The molecule has 10 heteroatoms. The summed E-state index contributed by atoms with van der Waals surface area (Å²) in [4.78, 5) is 24.0. The maximum Gasteiger partial charge on any atom is 0.229 e. The summed E-state index contributed by atoms with van der Waals surface area (Å²) in [5.74, 6) is 1.85. The predicted octanol–water partition coefficient (Wildman–Crippen LogP) is 3.31. The van der Waals surface area contributed by atoms with Crippen LogP contribution in [0.5, 0.6) is 0 Å². The molecule has 0 unspecified atom stereocenters. The Morgan fingerprint density at radius 1 is 1.18 bits per heavy atom. The van der Waals surface area contributed by atoms with Crippen molar-refractivity contribution in [2.75, 3.05) is 48.9 Å². The van der Waals surface area contributed by atoms with Crippen molar-refractivity contribution in [2.45, 2.75) is 13.3 Å². The minimum Gasteiger partial charge on any atom is -0.436 e. The first kappa shape index (κ1) is 20.8. The van der Waals surface area contributed by atoms with Crippen molar-refractivity contribution in [3.05, 3.63) is 30.5 Å². The van der Waals surface area contributed by atoms with Crippen LogP contribution in [-0.4, -0.2) is 59.4 Å². The summed E-state index contributed by atoms with van der Waals surface area (Å²) in [5.41, 5.74) is 3.81. The predicted molar refractivity (Wildman–Crippen MR) is 129 cm³/mol. The first-order chi connectivity index (χ1) is 16.6. The summed E-state index contributed by atoms with van der Waals surface area (Å²) in [7, 11) is 1.78. The zero-order valence-corrected chi connectivity index (χ0v) is 19.0. The van der Waals surface area contributed by atoms with Crippen LogP contribution in [0, 0.1) is 11.8 Å². The van der Waals surface area contributed by atoms with Crippen LogP contribution in [0.2, 0.25) is 0 Å². The minimum atomic E-state index is -0.0249. The van der Waals surface area contributed by atoms with Gasteiger partial charge in [0.2, 0.25) is 11.8 Å². The molecule has 2 atom stereocenters. The van der Waals surface area contributed by atoms with E-state index in [1.165, 1.54) is 0 Å². The van der Waals surface area contributed by atoms with Crippen LogP contribution < -0.4 is 15.5 Å². The van der Waals surface area contributed by atoms with Crippen molar-refractivity contribution in [1.29, 1.82) is 0 Å². The maximum atomic E-state index is 12.4. The molecule has 0 bridgehead atoms. The number of ether oxygens (including phenoxy) is 1. The molecule has 2 fully saturated rings. The Kier molecular flexibility index (Phi) is 5.02. The number of nitrogens with one attached hydrogen (secondary N) is 2. The molecule has 10 nitrogen and oxygen atoms in total. The van der Waals surface area contributed by atoms with Gasteiger partial charge in [-0.05, 0) is 36.6 Å². The van der Waals surface area contributed by atoms with Gasteiger partial charge >= 0.3 is 0 Å². The second-order valence-electron chi connectivity index (χ2n) is 8.84. The number of benzene rings is 1. The molecule has 2 N–H and O–H groups in total. The van der Waals surface area contributed by atoms with Gasteiger partial charge in [0, 0.05) is 43.3 Å². The standard InChI is InChI=1S/C24H25N7O3/c1-13-9-15(13)23(32)28-20-11-16-17(12-26-22(25-2)21(16)30-29-20)24-27-18-10-14(3-4-19(18)34-24)31-5-7-33-8-6-31/h3-4,10-13,15H,5-9H2,1-2H3,(H,25,26)(H,28,29,32)/t13-,15+/m1/s1. The number of hydrogen-bond acceptors (Lipinski definition) is 9. The molecule has 3 aromatic heterocycles. The molecule has 1 aliphatic carbocycles. The highest BCUT2D eigenvalue weighted by atomic mass is 16.5. The van der Waals surface area contributed by atoms with Crippen LogP contribution in [0.4, 0.5) is 17.3 Å². The van der Waals surface area contributed by atoms with Gasteiger partial charge in [0.25, 0.3) is 0 Å². The molecule has 1 aromatic carbocycles. The van der Waals surface area contributed by atoms with Crippen LogP contribution in [0.25, 0.3) is 33.5 Å². The Morgan fingerprint density at radius 2 is 2.00 bits per heavy atom. The van der Waals surface area contributed by atoms with Gasteiger partial charge in [-0.15, -0.1) is 10.2 Å². The Hall–Kier alpha value is -3.79. The monoisotopic (exact) mass is 459 g/mol. The third-order valence-electron chi connectivity index (χ3n) is 6.54. The van der Waals surface area contributed by atoms with E-state index in [1.807, 2.05) is 18.2 Å². The number of oxazole rings is 1. The third kappa shape index (κ3) is 3.69. The fourth-order valence-corrected chi connectivity index (χ4v) is 4.40. The van der Waals surface area contributed by atoms with Crippen LogP contribution in [-0.2, 0) is 9.53 Å². The summed E-state index contributed by atoms with van der Waals surface area (Å²) in [6.07, 6.45) is 2.61. The van der Waals surface area contributed by atoms with Crippen LogP contribution >= 0.6 is 0 Å². The molecule has 0 radical (unpaired) electrons. The largest absolute Gasteiger partial charge is 0.436 e. The number of fused-ring (bicyclic) bond motifs is 2. The van der Waals surface area contributed by atoms with Gasteiger partial charge < -0.3 is 24.7 Å². The zero-order valence-electron chi connectivity index (χ0n) is 19.0. The molecular weight excluding hydrogens is 434 g/mol. The molecule has 2 aliphatic rings. The number of nitrogens with zero attached hydrogens (tertiary/aromatic N) is 5. The lowest BCUT2D eigenvalue weighted by Crippen LogP contribution is -2.36. The number of pyridine rings is 1. The molecule has 0 spiro atoms. The molecule has 1 amide bonds. The van der Waals surface area contributed by atoms with E-state index in [4.69, 9.17) is 14.1 Å². The van der Waals surface area contributed by atoms with Crippen molar-refractivity contribution in [3.8, 4) is 11.5 Å². The molecule has 34 heavy (non-hydrogen) atoms. The second-order valence-corrected chi connectivity index (χ2v) is 8.84. The number of aromatic nitrogens is 4. The van der Waals surface area contributed by atoms with Gasteiger partial charge in [-0.2, -0.15) is 0 Å². The van der Waals surface area contributed by atoms with E-state index in [-0.39, 0.29) is 11.8 Å². The lowest BCUT2D eigenvalue weighted by atomic mass is 10.1. The lowest BCUT2D eigenvalue weighted by molar-refractivity contribution is -0.117. The summed E-state index contributed by atoms with van der Waals surface area (Å²) in [6, 6.07) is 7.82. The molecule has 4 aromatic rings. The maximum absolute atomic E-state index is 12.4. The molecule has 1 saturated heterocycles. The SMILES string of the molecule is CNc1ncc(-c2nc3cc(N4CCOCC4)ccc3o2)c2cc(NC(=O)[C@H]3C[C@H]3C)nnc12. The Morgan fingerprint density at radius 3 is 2.76 bits per heavy atom. The van der Waals surface area contributed by atoms with E-state index in [0.717, 1.165) is 49.3 Å². The molecule has 1 saturated carbocycles. The van der Waals surface area contributed by atoms with Crippen molar-refractivity contribution >= 4 is 45.2 Å². The molecule has 4 heterocycles. The van der Waals surface area contributed by atoms with Crippen molar-refractivity contribution in [1.82, 2.24) is 20.2 Å². The molecular formula is C24H25N7O3. The minimum absolute atomic E-state index is 0.0249. The number of amides is 1. The first-order valence-electron chi connectivity index (χ1n) is 11.5. The van der Waals surface area contributed by atoms with Gasteiger partial charge in [0.05, 0.1) is 18.8 Å². The van der Waals surface area contributed by atoms with Crippen LogP contribution in [0.15, 0.2) is 34.9 Å². The number of morpholine rings is 1. The van der Waals surface area contributed by atoms with E-state index >= 15 is 0 Å². The smallest absolute Gasteiger partial charge is 0.229 e. The third-order valence-corrected chi connectivity index (χ3v) is 6.54. The first-order valence-corrected chi connectivity index (χ1v) is 11.5. The normalized spacial score (nSPS) is 20.0. The van der Waals surface area contributed by atoms with E-state index in [0.29, 0.717) is 40.1 Å². The van der Waals surface area contributed by atoms with Crippen molar-refractivity contribution in [3.63, 3.8) is 0 Å².